The third-order valence-electron chi connectivity index (χ3n) is 12.0. The second kappa shape index (κ2) is 9.98. The number of rotatable bonds is 3. The van der Waals surface area contributed by atoms with Crippen LogP contribution >= 0.6 is 0 Å². The van der Waals surface area contributed by atoms with Gasteiger partial charge >= 0.3 is 0 Å². The summed E-state index contributed by atoms with van der Waals surface area (Å²) in [6, 6.07) is 47.3. The summed E-state index contributed by atoms with van der Waals surface area (Å²) in [6.45, 7) is 14.0. The van der Waals surface area contributed by atoms with E-state index < -0.39 is 0 Å². The van der Waals surface area contributed by atoms with E-state index in [1.54, 1.807) is 0 Å². The molecule has 0 unspecified atom stereocenters. The number of aryl methyl sites for hydroxylation is 2. The Morgan fingerprint density at radius 1 is 0.480 bits per heavy atom. The molecule has 8 aromatic rings. The van der Waals surface area contributed by atoms with Crippen LogP contribution in [0.2, 0.25) is 0 Å². The number of para-hydroxylation sites is 2. The summed E-state index contributed by atoms with van der Waals surface area (Å²) < 4.78 is 6.63. The molecule has 0 saturated carbocycles. The lowest BCUT2D eigenvalue weighted by Crippen LogP contribution is -2.17. The summed E-state index contributed by atoms with van der Waals surface area (Å²) in [5, 5.41) is 4.91. The minimum atomic E-state index is -0.187. The summed E-state index contributed by atoms with van der Waals surface area (Å²) in [4.78, 5) is 2.39. The Labute approximate surface area is 293 Å². The van der Waals surface area contributed by atoms with Crippen LogP contribution in [0.4, 0.5) is 17.1 Å². The largest absolute Gasteiger partial charge is 0.454 e. The smallest absolute Gasteiger partial charge is 0.159 e. The van der Waals surface area contributed by atoms with Gasteiger partial charge in [-0.3, -0.25) is 0 Å². The molecule has 7 aromatic carbocycles. The molecule has 1 aromatic heterocycles. The maximum Gasteiger partial charge on any atom is 0.159 e. The number of hydrogen-bond donors (Lipinski definition) is 0. The zero-order valence-corrected chi connectivity index (χ0v) is 29.5. The first-order valence-corrected chi connectivity index (χ1v) is 17.8. The number of fused-ring (bicyclic) bond motifs is 11. The van der Waals surface area contributed by atoms with Crippen LogP contribution in [0.15, 0.2) is 132 Å². The normalized spacial score (nSPS) is 14.9. The van der Waals surface area contributed by atoms with Crippen LogP contribution in [0.1, 0.15) is 61.1 Å². The van der Waals surface area contributed by atoms with Gasteiger partial charge in [-0.25, -0.2) is 0 Å². The number of benzene rings is 7. The van der Waals surface area contributed by atoms with E-state index in [1.807, 2.05) is 6.07 Å². The maximum atomic E-state index is 6.63. The van der Waals surface area contributed by atoms with Crippen molar-refractivity contribution in [2.45, 2.75) is 52.4 Å². The average Bonchev–Trinajstić information content (AvgIpc) is 3.69. The van der Waals surface area contributed by atoms with Gasteiger partial charge in [0, 0.05) is 33.0 Å². The standard InChI is InChI=1S/C48H39NO/c1-28-18-20-31(24-29(28)2)49(43-16-11-15-36-35-14-9-10-17-44(35)50-46(36)43)32-21-22-34-37-26-42-38(27-41(37)48(5,6)40(34)25-32)45-33-13-8-7-12-30(33)19-23-39(45)47(42,3)4/h7-27H,1-6H3. The molecule has 0 bridgehead atoms. The summed E-state index contributed by atoms with van der Waals surface area (Å²) in [5.74, 6) is 0. The number of anilines is 3. The molecular formula is C48H39NO. The van der Waals surface area contributed by atoms with E-state index in [1.165, 1.54) is 66.4 Å². The number of furan rings is 1. The van der Waals surface area contributed by atoms with E-state index in [2.05, 4.69) is 168 Å². The van der Waals surface area contributed by atoms with Crippen molar-refractivity contribution >= 4 is 49.8 Å². The molecule has 10 rings (SSSR count). The molecule has 0 fully saturated rings. The Kier molecular flexibility index (Phi) is 5.86. The third-order valence-corrected chi connectivity index (χ3v) is 12.0. The summed E-state index contributed by atoms with van der Waals surface area (Å²) >= 11 is 0. The predicted octanol–water partition coefficient (Wildman–Crippen LogP) is 13.4. The van der Waals surface area contributed by atoms with Gasteiger partial charge < -0.3 is 9.32 Å². The highest BCUT2D eigenvalue weighted by atomic mass is 16.3. The Bertz CT molecular complexity index is 2740. The summed E-state index contributed by atoms with van der Waals surface area (Å²) in [6.07, 6.45) is 0. The molecule has 0 saturated heterocycles. The fraction of sp³-hybridized carbons (Fsp3) is 0.167. The van der Waals surface area contributed by atoms with Gasteiger partial charge in [0.05, 0.1) is 5.69 Å². The Balaban J connectivity index is 1.18. The van der Waals surface area contributed by atoms with Crippen molar-refractivity contribution in [3.63, 3.8) is 0 Å². The van der Waals surface area contributed by atoms with Crippen molar-refractivity contribution in [1.82, 2.24) is 0 Å². The lowest BCUT2D eigenvalue weighted by atomic mass is 9.79. The molecule has 2 aliphatic rings. The molecule has 242 valence electrons. The van der Waals surface area contributed by atoms with E-state index >= 15 is 0 Å². The van der Waals surface area contributed by atoms with Crippen LogP contribution in [0.3, 0.4) is 0 Å². The van der Waals surface area contributed by atoms with Crippen LogP contribution < -0.4 is 4.90 Å². The summed E-state index contributed by atoms with van der Waals surface area (Å²) in [5.41, 5.74) is 18.5. The first-order valence-electron chi connectivity index (χ1n) is 17.8. The Morgan fingerprint density at radius 2 is 1.14 bits per heavy atom. The fourth-order valence-corrected chi connectivity index (χ4v) is 9.06. The van der Waals surface area contributed by atoms with Crippen molar-refractivity contribution in [2.24, 2.45) is 0 Å². The second-order valence-corrected chi connectivity index (χ2v) is 15.5. The predicted molar refractivity (Wildman–Crippen MR) is 211 cm³/mol. The Hall–Kier alpha value is -5.60. The lowest BCUT2D eigenvalue weighted by molar-refractivity contribution is 0.652. The SMILES string of the molecule is Cc1ccc(N(c2ccc3c(c2)C(C)(C)c2cc4c(cc2-3)C(C)(C)c2ccc3ccccc3c2-4)c2cccc3c2oc2ccccc23)cc1C. The van der Waals surface area contributed by atoms with Crippen molar-refractivity contribution in [3.05, 3.63) is 161 Å². The van der Waals surface area contributed by atoms with Gasteiger partial charge in [-0.15, -0.1) is 0 Å². The number of hydrogen-bond acceptors (Lipinski definition) is 2. The van der Waals surface area contributed by atoms with Crippen LogP contribution in [0.5, 0.6) is 0 Å². The monoisotopic (exact) mass is 645 g/mol. The first kappa shape index (κ1) is 29.3. The van der Waals surface area contributed by atoms with E-state index in [0.29, 0.717) is 0 Å². The van der Waals surface area contributed by atoms with Gasteiger partial charge in [-0.1, -0.05) is 107 Å². The molecule has 2 nitrogen and oxygen atoms in total. The van der Waals surface area contributed by atoms with Crippen LogP contribution in [0, 0.1) is 13.8 Å². The topological polar surface area (TPSA) is 16.4 Å². The van der Waals surface area contributed by atoms with Gasteiger partial charge in [-0.2, -0.15) is 0 Å². The highest BCUT2D eigenvalue weighted by Crippen LogP contribution is 2.58. The van der Waals surface area contributed by atoms with Crippen molar-refractivity contribution < 1.29 is 4.42 Å². The molecule has 0 amide bonds. The summed E-state index contributed by atoms with van der Waals surface area (Å²) in [7, 11) is 0. The molecule has 2 heteroatoms. The quantitative estimate of drug-likeness (QED) is 0.190. The van der Waals surface area contributed by atoms with Crippen molar-refractivity contribution in [1.29, 1.82) is 0 Å². The zero-order valence-electron chi connectivity index (χ0n) is 29.5. The van der Waals surface area contributed by atoms with Gasteiger partial charge in [-0.05, 0) is 129 Å². The van der Waals surface area contributed by atoms with E-state index in [9.17, 15) is 0 Å². The van der Waals surface area contributed by atoms with E-state index in [4.69, 9.17) is 4.42 Å². The molecule has 0 spiro atoms. The van der Waals surface area contributed by atoms with Crippen LogP contribution in [-0.4, -0.2) is 0 Å². The molecule has 50 heavy (non-hydrogen) atoms. The van der Waals surface area contributed by atoms with Gasteiger partial charge in [0.2, 0.25) is 0 Å². The van der Waals surface area contributed by atoms with Crippen LogP contribution in [-0.2, 0) is 10.8 Å². The fourth-order valence-electron chi connectivity index (χ4n) is 9.06. The van der Waals surface area contributed by atoms with Gasteiger partial charge in [0.25, 0.3) is 0 Å². The van der Waals surface area contributed by atoms with E-state index in [0.717, 1.165) is 39.0 Å². The van der Waals surface area contributed by atoms with E-state index in [-0.39, 0.29) is 10.8 Å². The van der Waals surface area contributed by atoms with Crippen molar-refractivity contribution in [3.8, 4) is 22.3 Å². The third kappa shape index (κ3) is 3.85. The molecule has 0 aliphatic heterocycles. The molecule has 0 atom stereocenters. The Morgan fingerprint density at radius 3 is 1.98 bits per heavy atom. The van der Waals surface area contributed by atoms with Gasteiger partial charge in [0.1, 0.15) is 5.58 Å². The lowest BCUT2D eigenvalue weighted by Gasteiger charge is -2.28. The molecule has 0 radical (unpaired) electrons. The number of nitrogens with zero attached hydrogens (tertiary/aromatic N) is 1. The first-order chi connectivity index (χ1) is 24.1. The molecular weight excluding hydrogens is 607 g/mol. The highest BCUT2D eigenvalue weighted by Gasteiger charge is 2.42. The van der Waals surface area contributed by atoms with Crippen molar-refractivity contribution in [2.75, 3.05) is 4.90 Å². The van der Waals surface area contributed by atoms with Crippen LogP contribution in [0.25, 0.3) is 55.0 Å². The minimum absolute atomic E-state index is 0.0814. The molecule has 0 N–H and O–H groups in total. The molecule has 2 aliphatic carbocycles. The molecule has 1 heterocycles. The minimum Gasteiger partial charge on any atom is -0.454 e. The van der Waals surface area contributed by atoms with Gasteiger partial charge in [0.15, 0.2) is 5.58 Å². The maximum absolute atomic E-state index is 6.63. The average molecular weight is 646 g/mol. The zero-order chi connectivity index (χ0) is 34.1. The highest BCUT2D eigenvalue weighted by molar-refractivity contribution is 6.10. The second-order valence-electron chi connectivity index (χ2n) is 15.5.